The topological polar surface area (TPSA) is 101 Å². The highest BCUT2D eigenvalue weighted by Gasteiger charge is 2.10. The summed E-state index contributed by atoms with van der Waals surface area (Å²) >= 11 is 0. The van der Waals surface area contributed by atoms with Crippen molar-refractivity contribution in [2.24, 2.45) is 4.99 Å². The van der Waals surface area contributed by atoms with E-state index in [1.807, 2.05) is 61.5 Å². The molecule has 0 radical (unpaired) electrons. The molecule has 8 heteroatoms. The average Bonchev–Trinajstić information content (AvgIpc) is 3.52. The SMILES string of the molecule is CCCc1noc(-c2cccc(CN=C(NCC)NCc3coc(-c4ccccc4)n3)c2)n1. The summed E-state index contributed by atoms with van der Waals surface area (Å²) < 4.78 is 11.0. The third-order valence-electron chi connectivity index (χ3n) is 4.89. The Morgan fingerprint density at radius 2 is 1.79 bits per heavy atom. The standard InChI is InChI=1S/C25H28N6O2/c1-3-9-22-30-24(33-31-22)20-13-8-10-18(14-20)15-27-25(26-4-2)28-16-21-17-32-23(29-21)19-11-6-5-7-12-19/h5-8,10-14,17H,3-4,9,15-16H2,1-2H3,(H2,26,27,28). The van der Waals surface area contributed by atoms with Gasteiger partial charge in [0, 0.05) is 24.1 Å². The van der Waals surface area contributed by atoms with E-state index in [1.54, 1.807) is 6.26 Å². The summed E-state index contributed by atoms with van der Waals surface area (Å²) in [6.45, 7) is 5.89. The lowest BCUT2D eigenvalue weighted by atomic mass is 10.1. The van der Waals surface area contributed by atoms with E-state index in [0.29, 0.717) is 30.8 Å². The van der Waals surface area contributed by atoms with Crippen molar-refractivity contribution in [3.05, 3.63) is 77.9 Å². The van der Waals surface area contributed by atoms with Gasteiger partial charge in [0.25, 0.3) is 5.89 Å². The number of nitrogens with one attached hydrogen (secondary N) is 2. The third-order valence-corrected chi connectivity index (χ3v) is 4.89. The number of hydrogen-bond acceptors (Lipinski definition) is 6. The highest BCUT2D eigenvalue weighted by Crippen LogP contribution is 2.20. The molecule has 2 aromatic carbocycles. The molecule has 0 saturated heterocycles. The fourth-order valence-corrected chi connectivity index (χ4v) is 3.29. The van der Waals surface area contributed by atoms with Crippen molar-refractivity contribution in [2.75, 3.05) is 6.54 Å². The smallest absolute Gasteiger partial charge is 0.257 e. The predicted octanol–water partition coefficient (Wildman–Crippen LogP) is 4.60. The van der Waals surface area contributed by atoms with Gasteiger partial charge in [0.05, 0.1) is 18.8 Å². The number of rotatable bonds is 9. The summed E-state index contributed by atoms with van der Waals surface area (Å²) in [5.74, 6) is 2.58. The normalized spacial score (nSPS) is 11.5. The molecule has 2 heterocycles. The van der Waals surface area contributed by atoms with E-state index >= 15 is 0 Å². The third kappa shape index (κ3) is 6.06. The van der Waals surface area contributed by atoms with Gasteiger partial charge in [-0.25, -0.2) is 9.98 Å². The lowest BCUT2D eigenvalue weighted by Gasteiger charge is -2.10. The Bertz CT molecular complexity index is 1180. The first-order valence-electron chi connectivity index (χ1n) is 11.2. The summed E-state index contributed by atoms with van der Waals surface area (Å²) in [4.78, 5) is 13.7. The molecular formula is C25H28N6O2. The number of guanidine groups is 1. The van der Waals surface area contributed by atoms with Gasteiger partial charge in [-0.1, -0.05) is 42.4 Å². The average molecular weight is 445 g/mol. The maximum Gasteiger partial charge on any atom is 0.257 e. The molecular weight excluding hydrogens is 416 g/mol. The Morgan fingerprint density at radius 3 is 2.61 bits per heavy atom. The van der Waals surface area contributed by atoms with Crippen molar-refractivity contribution in [3.8, 4) is 22.9 Å². The zero-order valence-electron chi connectivity index (χ0n) is 18.9. The lowest BCUT2D eigenvalue weighted by molar-refractivity contribution is 0.422. The number of hydrogen-bond donors (Lipinski definition) is 2. The number of aryl methyl sites for hydroxylation is 1. The summed E-state index contributed by atoms with van der Waals surface area (Å²) in [5, 5.41) is 10.6. The van der Waals surface area contributed by atoms with Gasteiger partial charge < -0.3 is 19.6 Å². The molecule has 4 aromatic rings. The zero-order valence-corrected chi connectivity index (χ0v) is 18.9. The van der Waals surface area contributed by atoms with Crippen LogP contribution >= 0.6 is 0 Å². The molecule has 2 N–H and O–H groups in total. The molecule has 0 fully saturated rings. The van der Waals surface area contributed by atoms with E-state index in [1.165, 1.54) is 0 Å². The van der Waals surface area contributed by atoms with Gasteiger partial charge in [0.1, 0.15) is 6.26 Å². The minimum Gasteiger partial charge on any atom is -0.444 e. The maximum atomic E-state index is 5.61. The van der Waals surface area contributed by atoms with E-state index in [2.05, 4.69) is 32.7 Å². The first kappa shape index (κ1) is 22.3. The van der Waals surface area contributed by atoms with E-state index in [-0.39, 0.29) is 0 Å². The molecule has 2 aromatic heterocycles. The molecule has 8 nitrogen and oxygen atoms in total. The lowest BCUT2D eigenvalue weighted by Crippen LogP contribution is -2.36. The number of nitrogens with zero attached hydrogens (tertiary/aromatic N) is 4. The number of aliphatic imine (C=N–C) groups is 1. The van der Waals surface area contributed by atoms with Crippen LogP contribution in [-0.4, -0.2) is 27.6 Å². The van der Waals surface area contributed by atoms with Crippen LogP contribution in [0.2, 0.25) is 0 Å². The van der Waals surface area contributed by atoms with E-state index in [9.17, 15) is 0 Å². The Balaban J connectivity index is 1.39. The Labute approximate surface area is 193 Å². The van der Waals surface area contributed by atoms with Gasteiger partial charge in [0.2, 0.25) is 5.89 Å². The zero-order chi connectivity index (χ0) is 22.9. The summed E-state index contributed by atoms with van der Waals surface area (Å²) in [5.41, 5.74) is 3.70. The maximum absolute atomic E-state index is 5.61. The van der Waals surface area contributed by atoms with Crippen molar-refractivity contribution < 1.29 is 8.94 Å². The van der Waals surface area contributed by atoms with Crippen LogP contribution in [0.25, 0.3) is 22.9 Å². The number of aromatic nitrogens is 3. The minimum absolute atomic E-state index is 0.504. The highest BCUT2D eigenvalue weighted by molar-refractivity contribution is 5.79. The highest BCUT2D eigenvalue weighted by atomic mass is 16.5. The van der Waals surface area contributed by atoms with Crippen molar-refractivity contribution in [1.82, 2.24) is 25.8 Å². The van der Waals surface area contributed by atoms with Crippen molar-refractivity contribution >= 4 is 5.96 Å². The Hall–Kier alpha value is -3.94. The molecule has 33 heavy (non-hydrogen) atoms. The Morgan fingerprint density at radius 1 is 0.939 bits per heavy atom. The molecule has 0 atom stereocenters. The van der Waals surface area contributed by atoms with Crippen molar-refractivity contribution in [2.45, 2.75) is 39.8 Å². The van der Waals surface area contributed by atoms with Gasteiger partial charge in [-0.05, 0) is 43.2 Å². The summed E-state index contributed by atoms with van der Waals surface area (Å²) in [6.07, 6.45) is 3.46. The summed E-state index contributed by atoms with van der Waals surface area (Å²) in [7, 11) is 0. The second-order valence-corrected chi connectivity index (χ2v) is 7.52. The molecule has 0 aliphatic rings. The van der Waals surface area contributed by atoms with Crippen LogP contribution in [-0.2, 0) is 19.5 Å². The van der Waals surface area contributed by atoms with Gasteiger partial charge in [-0.3, -0.25) is 0 Å². The van der Waals surface area contributed by atoms with Crippen LogP contribution in [0.5, 0.6) is 0 Å². The second-order valence-electron chi connectivity index (χ2n) is 7.52. The monoisotopic (exact) mass is 444 g/mol. The fourth-order valence-electron chi connectivity index (χ4n) is 3.29. The molecule has 170 valence electrons. The van der Waals surface area contributed by atoms with Crippen molar-refractivity contribution in [3.63, 3.8) is 0 Å². The molecule has 0 spiro atoms. The summed E-state index contributed by atoms with van der Waals surface area (Å²) in [6, 6.07) is 17.8. The van der Waals surface area contributed by atoms with Crippen molar-refractivity contribution in [1.29, 1.82) is 0 Å². The predicted molar refractivity (Wildman–Crippen MR) is 127 cm³/mol. The van der Waals surface area contributed by atoms with Gasteiger partial charge >= 0.3 is 0 Å². The number of benzene rings is 2. The molecule has 0 bridgehead atoms. The Kier molecular flexibility index (Phi) is 7.48. The van der Waals surface area contributed by atoms with Crippen LogP contribution in [0, 0.1) is 0 Å². The van der Waals surface area contributed by atoms with Crippen LogP contribution < -0.4 is 10.6 Å². The van der Waals surface area contributed by atoms with E-state index in [4.69, 9.17) is 13.9 Å². The largest absolute Gasteiger partial charge is 0.444 e. The first-order valence-corrected chi connectivity index (χ1v) is 11.2. The molecule has 0 unspecified atom stereocenters. The van der Waals surface area contributed by atoms with E-state index in [0.717, 1.165) is 47.6 Å². The van der Waals surface area contributed by atoms with Gasteiger partial charge in [0.15, 0.2) is 11.8 Å². The fraction of sp³-hybridized carbons (Fsp3) is 0.280. The van der Waals surface area contributed by atoms with Crippen LogP contribution in [0.4, 0.5) is 0 Å². The molecule has 0 aliphatic carbocycles. The van der Waals surface area contributed by atoms with Gasteiger partial charge in [-0.15, -0.1) is 0 Å². The second kappa shape index (κ2) is 11.1. The molecule has 0 aliphatic heterocycles. The first-order chi connectivity index (χ1) is 16.2. The van der Waals surface area contributed by atoms with E-state index < -0.39 is 0 Å². The van der Waals surface area contributed by atoms with Crippen LogP contribution in [0.15, 0.2) is 74.8 Å². The van der Waals surface area contributed by atoms with Crippen LogP contribution in [0.1, 0.15) is 37.4 Å². The quantitative estimate of drug-likeness (QED) is 0.287. The minimum atomic E-state index is 0.504. The molecule has 0 amide bonds. The molecule has 4 rings (SSSR count). The molecule has 0 saturated carbocycles. The van der Waals surface area contributed by atoms with Gasteiger partial charge in [-0.2, -0.15) is 4.98 Å². The van der Waals surface area contributed by atoms with Crippen LogP contribution in [0.3, 0.4) is 0 Å². The number of oxazole rings is 1.